The fourth-order valence-corrected chi connectivity index (χ4v) is 3.78. The van der Waals surface area contributed by atoms with Crippen molar-refractivity contribution in [3.63, 3.8) is 0 Å². The van der Waals surface area contributed by atoms with Crippen LogP contribution in [0, 0.1) is 0 Å². The highest BCUT2D eigenvalue weighted by atomic mass is 16.5. The summed E-state index contributed by atoms with van der Waals surface area (Å²) in [6, 6.07) is 19.7. The van der Waals surface area contributed by atoms with Crippen molar-refractivity contribution in [1.82, 2.24) is 24.9 Å². The van der Waals surface area contributed by atoms with Crippen molar-refractivity contribution in [3.05, 3.63) is 89.8 Å². The lowest BCUT2D eigenvalue weighted by Gasteiger charge is -2.12. The van der Waals surface area contributed by atoms with Crippen LogP contribution in [0.5, 0.6) is 11.5 Å². The van der Waals surface area contributed by atoms with Gasteiger partial charge in [0.05, 0.1) is 20.5 Å². The second-order valence-electron chi connectivity index (χ2n) is 7.89. The number of fused-ring (bicyclic) bond motifs is 1. The zero-order valence-electron chi connectivity index (χ0n) is 19.6. The molecule has 2 N–H and O–H groups in total. The topological polar surface area (TPSA) is 98.7 Å². The fourth-order valence-electron chi connectivity index (χ4n) is 3.78. The summed E-state index contributed by atoms with van der Waals surface area (Å²) in [6.45, 7) is 1.85. The van der Waals surface area contributed by atoms with Crippen molar-refractivity contribution in [3.8, 4) is 23.1 Å². The maximum Gasteiger partial charge on any atom is 0.226 e. The third-order valence-corrected chi connectivity index (χ3v) is 5.57. The molecule has 0 aliphatic rings. The molecule has 0 amide bonds. The Kier molecular flexibility index (Phi) is 6.58. The lowest BCUT2D eigenvalue weighted by Crippen LogP contribution is -2.15. The van der Waals surface area contributed by atoms with Crippen molar-refractivity contribution in [1.29, 1.82) is 0 Å². The van der Waals surface area contributed by atoms with Crippen molar-refractivity contribution in [2.45, 2.75) is 19.6 Å². The molecule has 0 spiro atoms. The minimum Gasteiger partial charge on any atom is -0.493 e. The van der Waals surface area contributed by atoms with Crippen LogP contribution in [0.4, 0.5) is 5.95 Å². The Balaban J connectivity index is 1.40. The van der Waals surface area contributed by atoms with Gasteiger partial charge in [0.25, 0.3) is 0 Å². The number of benzene rings is 2. The molecule has 5 aromatic rings. The number of nitrogens with one attached hydrogen (secondary N) is 2. The normalized spacial score (nSPS) is 11.0. The van der Waals surface area contributed by atoms with E-state index in [1.807, 2.05) is 54.7 Å². The maximum atomic E-state index is 5.52. The third-order valence-electron chi connectivity index (χ3n) is 5.57. The molecule has 178 valence electrons. The molecule has 2 aromatic carbocycles. The van der Waals surface area contributed by atoms with Crippen LogP contribution in [0.2, 0.25) is 0 Å². The summed E-state index contributed by atoms with van der Waals surface area (Å²) in [5.41, 5.74) is 3.87. The van der Waals surface area contributed by atoms with Gasteiger partial charge in [-0.05, 0) is 35.4 Å². The Morgan fingerprint density at radius 1 is 0.886 bits per heavy atom. The number of aromatic nitrogens is 4. The van der Waals surface area contributed by atoms with Crippen molar-refractivity contribution < 1.29 is 13.9 Å². The van der Waals surface area contributed by atoms with Crippen molar-refractivity contribution in [2.75, 3.05) is 19.5 Å². The predicted octanol–water partition coefficient (Wildman–Crippen LogP) is 4.30. The van der Waals surface area contributed by atoms with Crippen molar-refractivity contribution >= 4 is 11.6 Å². The number of hydrogen-bond acceptors (Lipinski definition) is 8. The SMILES string of the molecule is COc1ccc(CNc2ncc(CNCc3ccccc3)c3nc(-c4ccco4)nn23)cc1OC. The summed E-state index contributed by atoms with van der Waals surface area (Å²) in [5.74, 6) is 3.03. The van der Waals surface area contributed by atoms with Gasteiger partial charge in [-0.1, -0.05) is 36.4 Å². The van der Waals surface area contributed by atoms with Crippen LogP contribution in [0.1, 0.15) is 16.7 Å². The summed E-state index contributed by atoms with van der Waals surface area (Å²) in [6.07, 6.45) is 3.43. The van der Waals surface area contributed by atoms with Gasteiger partial charge in [-0.3, -0.25) is 0 Å². The molecule has 0 bridgehead atoms. The quantitative estimate of drug-likeness (QED) is 0.312. The Hall–Kier alpha value is -4.37. The molecule has 0 aliphatic heterocycles. The molecule has 3 heterocycles. The molecule has 0 unspecified atom stereocenters. The number of furan rings is 1. The minimum atomic E-state index is 0.501. The molecule has 3 aromatic heterocycles. The van der Waals surface area contributed by atoms with Gasteiger partial charge in [-0.2, -0.15) is 4.52 Å². The van der Waals surface area contributed by atoms with E-state index >= 15 is 0 Å². The van der Waals surface area contributed by atoms with Crippen LogP contribution < -0.4 is 20.1 Å². The summed E-state index contributed by atoms with van der Waals surface area (Å²) in [5, 5.41) is 11.5. The van der Waals surface area contributed by atoms with Crippen LogP contribution in [0.3, 0.4) is 0 Å². The van der Waals surface area contributed by atoms with Gasteiger partial charge >= 0.3 is 0 Å². The molecule has 9 nitrogen and oxygen atoms in total. The van der Waals surface area contributed by atoms with E-state index in [1.165, 1.54) is 5.56 Å². The average molecular weight is 471 g/mol. The summed E-state index contributed by atoms with van der Waals surface area (Å²) in [7, 11) is 3.24. The lowest BCUT2D eigenvalue weighted by molar-refractivity contribution is 0.354. The fraction of sp³-hybridized carbons (Fsp3) is 0.192. The number of anilines is 1. The zero-order valence-corrected chi connectivity index (χ0v) is 19.6. The maximum absolute atomic E-state index is 5.52. The molecular weight excluding hydrogens is 444 g/mol. The first-order valence-corrected chi connectivity index (χ1v) is 11.2. The first kappa shape index (κ1) is 22.4. The third kappa shape index (κ3) is 4.95. The molecule has 0 saturated heterocycles. The van der Waals surface area contributed by atoms with Crippen LogP contribution in [-0.4, -0.2) is 33.8 Å². The predicted molar refractivity (Wildman–Crippen MR) is 132 cm³/mol. The molecule has 35 heavy (non-hydrogen) atoms. The second kappa shape index (κ2) is 10.3. The smallest absolute Gasteiger partial charge is 0.226 e. The largest absolute Gasteiger partial charge is 0.493 e. The Bertz CT molecular complexity index is 1400. The van der Waals surface area contributed by atoms with E-state index in [0.29, 0.717) is 47.8 Å². The summed E-state index contributed by atoms with van der Waals surface area (Å²) < 4.78 is 18.0. The molecule has 5 rings (SSSR count). The minimum absolute atomic E-state index is 0.501. The molecule has 0 atom stereocenters. The molecule has 0 saturated carbocycles. The van der Waals surface area contributed by atoms with Gasteiger partial charge < -0.3 is 24.5 Å². The highest BCUT2D eigenvalue weighted by molar-refractivity contribution is 5.58. The second-order valence-corrected chi connectivity index (χ2v) is 7.89. The summed E-state index contributed by atoms with van der Waals surface area (Å²) in [4.78, 5) is 9.39. The van der Waals surface area contributed by atoms with Gasteiger partial charge in [-0.15, -0.1) is 5.10 Å². The average Bonchev–Trinajstić information content (AvgIpc) is 3.59. The van der Waals surface area contributed by atoms with Crippen LogP contribution in [0.25, 0.3) is 17.2 Å². The molecule has 0 aliphatic carbocycles. The van der Waals surface area contributed by atoms with E-state index in [0.717, 1.165) is 17.7 Å². The Morgan fingerprint density at radius 2 is 1.74 bits per heavy atom. The first-order valence-electron chi connectivity index (χ1n) is 11.2. The number of rotatable bonds is 10. The number of methoxy groups -OCH3 is 2. The van der Waals surface area contributed by atoms with Crippen molar-refractivity contribution in [2.24, 2.45) is 0 Å². The molecule has 0 radical (unpaired) electrons. The van der Waals surface area contributed by atoms with Gasteiger partial charge in [-0.25, -0.2) is 9.97 Å². The van der Waals surface area contributed by atoms with E-state index < -0.39 is 0 Å². The molecule has 9 heteroatoms. The van der Waals surface area contributed by atoms with E-state index in [2.05, 4.69) is 32.8 Å². The van der Waals surface area contributed by atoms with Crippen LogP contribution in [-0.2, 0) is 19.6 Å². The monoisotopic (exact) mass is 470 g/mol. The van der Waals surface area contributed by atoms with Gasteiger partial charge in [0.2, 0.25) is 11.8 Å². The number of hydrogen-bond donors (Lipinski definition) is 2. The molecule has 0 fully saturated rings. The number of ether oxygens (including phenoxy) is 2. The summed E-state index contributed by atoms with van der Waals surface area (Å²) >= 11 is 0. The Morgan fingerprint density at radius 3 is 2.51 bits per heavy atom. The van der Waals surface area contributed by atoms with Gasteiger partial charge in [0.15, 0.2) is 22.9 Å². The van der Waals surface area contributed by atoms with Crippen LogP contribution in [0.15, 0.2) is 77.5 Å². The van der Waals surface area contributed by atoms with Gasteiger partial charge in [0, 0.05) is 31.4 Å². The Labute approximate surface area is 202 Å². The highest BCUT2D eigenvalue weighted by Crippen LogP contribution is 2.28. The van der Waals surface area contributed by atoms with E-state index in [1.54, 1.807) is 25.0 Å². The lowest BCUT2D eigenvalue weighted by atomic mass is 10.2. The zero-order chi connectivity index (χ0) is 24.0. The van der Waals surface area contributed by atoms with Crippen LogP contribution >= 0.6 is 0 Å². The van der Waals surface area contributed by atoms with E-state index in [9.17, 15) is 0 Å². The van der Waals surface area contributed by atoms with E-state index in [-0.39, 0.29) is 0 Å². The molecular formula is C26H26N6O3. The van der Waals surface area contributed by atoms with E-state index in [4.69, 9.17) is 18.9 Å². The highest BCUT2D eigenvalue weighted by Gasteiger charge is 2.16. The number of nitrogens with zero attached hydrogens (tertiary/aromatic N) is 4. The standard InChI is InChI=1S/C26H26N6O3/c1-33-21-11-10-19(13-23(21)34-2)15-28-26-29-17-20(16-27-14-18-7-4-3-5-8-18)25-30-24(31-32(25)26)22-9-6-12-35-22/h3-13,17,27H,14-16H2,1-2H3,(H,28,29). The van der Waals surface area contributed by atoms with Gasteiger partial charge in [0.1, 0.15) is 0 Å². The first-order chi connectivity index (χ1) is 17.2.